The standard InChI is InChI=1S/C16H30O2/c1-3-5-7-9-10-12-14-15(16(17)18)13-11-8-6-4-2/h14H,3-13H2,1-2H3,(H,17,18). The van der Waals surface area contributed by atoms with Crippen molar-refractivity contribution in [2.45, 2.75) is 84.5 Å². The molecule has 0 atom stereocenters. The zero-order chi connectivity index (χ0) is 13.6. The molecule has 0 rings (SSSR count). The van der Waals surface area contributed by atoms with Crippen molar-refractivity contribution in [1.29, 1.82) is 0 Å². The molecule has 106 valence electrons. The van der Waals surface area contributed by atoms with Crippen molar-refractivity contribution < 1.29 is 9.90 Å². The van der Waals surface area contributed by atoms with Gasteiger partial charge < -0.3 is 5.11 Å². The summed E-state index contributed by atoms with van der Waals surface area (Å²) in [6, 6.07) is 0. The minimum atomic E-state index is -0.722. The van der Waals surface area contributed by atoms with Crippen LogP contribution < -0.4 is 0 Å². The fraction of sp³-hybridized carbons (Fsp3) is 0.812. The number of rotatable bonds is 12. The Balaban J connectivity index is 3.75. The number of carboxylic acid groups (broad SMARTS) is 1. The van der Waals surface area contributed by atoms with Crippen molar-refractivity contribution in [2.24, 2.45) is 0 Å². The van der Waals surface area contributed by atoms with Crippen LogP contribution in [0.5, 0.6) is 0 Å². The topological polar surface area (TPSA) is 37.3 Å². The van der Waals surface area contributed by atoms with Gasteiger partial charge in [0.2, 0.25) is 0 Å². The van der Waals surface area contributed by atoms with Crippen molar-refractivity contribution in [3.8, 4) is 0 Å². The molecule has 2 nitrogen and oxygen atoms in total. The second-order valence-electron chi connectivity index (χ2n) is 5.05. The molecule has 0 aliphatic heterocycles. The summed E-state index contributed by atoms with van der Waals surface area (Å²) in [4.78, 5) is 11.1. The Morgan fingerprint density at radius 2 is 1.44 bits per heavy atom. The summed E-state index contributed by atoms with van der Waals surface area (Å²) in [6.07, 6.45) is 14.4. The van der Waals surface area contributed by atoms with E-state index in [2.05, 4.69) is 13.8 Å². The quantitative estimate of drug-likeness (QED) is 0.377. The Morgan fingerprint density at radius 1 is 0.889 bits per heavy atom. The Bertz CT molecular complexity index is 231. The molecule has 0 aliphatic carbocycles. The van der Waals surface area contributed by atoms with Crippen LogP contribution in [0.1, 0.15) is 84.5 Å². The van der Waals surface area contributed by atoms with Crippen LogP contribution in [0.2, 0.25) is 0 Å². The Kier molecular flexibility index (Phi) is 12.1. The molecule has 18 heavy (non-hydrogen) atoms. The van der Waals surface area contributed by atoms with Crippen LogP contribution in [0.15, 0.2) is 11.6 Å². The second kappa shape index (κ2) is 12.7. The lowest BCUT2D eigenvalue weighted by Gasteiger charge is -2.03. The first-order valence-electron chi connectivity index (χ1n) is 7.64. The number of carboxylic acids is 1. The van der Waals surface area contributed by atoms with Gasteiger partial charge >= 0.3 is 5.97 Å². The van der Waals surface area contributed by atoms with E-state index in [1.165, 1.54) is 38.5 Å². The lowest BCUT2D eigenvalue weighted by molar-refractivity contribution is -0.132. The van der Waals surface area contributed by atoms with Crippen molar-refractivity contribution in [3.63, 3.8) is 0 Å². The lowest BCUT2D eigenvalue weighted by atomic mass is 10.0. The molecule has 0 saturated heterocycles. The lowest BCUT2D eigenvalue weighted by Crippen LogP contribution is -2.00. The van der Waals surface area contributed by atoms with Crippen LogP contribution in [-0.4, -0.2) is 11.1 Å². The van der Waals surface area contributed by atoms with E-state index in [9.17, 15) is 4.79 Å². The summed E-state index contributed by atoms with van der Waals surface area (Å²) in [7, 11) is 0. The van der Waals surface area contributed by atoms with E-state index >= 15 is 0 Å². The van der Waals surface area contributed by atoms with Crippen LogP contribution in [0.3, 0.4) is 0 Å². The zero-order valence-electron chi connectivity index (χ0n) is 12.2. The third kappa shape index (κ3) is 10.4. The maximum Gasteiger partial charge on any atom is 0.331 e. The molecule has 0 heterocycles. The number of unbranched alkanes of at least 4 members (excludes halogenated alkanes) is 8. The van der Waals surface area contributed by atoms with Crippen molar-refractivity contribution in [1.82, 2.24) is 0 Å². The van der Waals surface area contributed by atoms with Gasteiger partial charge in [0.15, 0.2) is 0 Å². The minimum absolute atomic E-state index is 0.626. The smallest absolute Gasteiger partial charge is 0.331 e. The van der Waals surface area contributed by atoms with E-state index in [1.54, 1.807) is 0 Å². The van der Waals surface area contributed by atoms with Crippen molar-refractivity contribution in [2.75, 3.05) is 0 Å². The molecule has 2 heteroatoms. The molecule has 1 N–H and O–H groups in total. The maximum atomic E-state index is 11.1. The molecule has 0 spiro atoms. The summed E-state index contributed by atoms with van der Waals surface area (Å²) in [5.41, 5.74) is 0.626. The van der Waals surface area contributed by atoms with Gasteiger partial charge in [-0.15, -0.1) is 0 Å². The summed E-state index contributed by atoms with van der Waals surface area (Å²) in [6.45, 7) is 4.38. The highest BCUT2D eigenvalue weighted by Gasteiger charge is 2.05. The highest BCUT2D eigenvalue weighted by atomic mass is 16.4. The van der Waals surface area contributed by atoms with Gasteiger partial charge in [-0.2, -0.15) is 0 Å². The summed E-state index contributed by atoms with van der Waals surface area (Å²) >= 11 is 0. The Morgan fingerprint density at radius 3 is 2.00 bits per heavy atom. The maximum absolute atomic E-state index is 11.1. The third-order valence-corrected chi connectivity index (χ3v) is 3.27. The van der Waals surface area contributed by atoms with Gasteiger partial charge in [0.25, 0.3) is 0 Å². The first-order valence-corrected chi connectivity index (χ1v) is 7.64. The van der Waals surface area contributed by atoms with Crippen LogP contribution in [0.4, 0.5) is 0 Å². The minimum Gasteiger partial charge on any atom is -0.478 e. The van der Waals surface area contributed by atoms with Gasteiger partial charge in [0.1, 0.15) is 0 Å². The Hall–Kier alpha value is -0.790. The molecule has 0 amide bonds. The van der Waals surface area contributed by atoms with Crippen LogP contribution in [-0.2, 0) is 4.79 Å². The van der Waals surface area contributed by atoms with Crippen molar-refractivity contribution in [3.05, 3.63) is 11.6 Å². The average Bonchev–Trinajstić information content (AvgIpc) is 2.35. The van der Waals surface area contributed by atoms with E-state index in [-0.39, 0.29) is 0 Å². The monoisotopic (exact) mass is 254 g/mol. The van der Waals surface area contributed by atoms with Crippen LogP contribution in [0, 0.1) is 0 Å². The van der Waals surface area contributed by atoms with Gasteiger partial charge in [0, 0.05) is 5.57 Å². The molecule has 0 aromatic heterocycles. The van der Waals surface area contributed by atoms with Gasteiger partial charge in [-0.3, -0.25) is 0 Å². The van der Waals surface area contributed by atoms with E-state index in [0.717, 1.165) is 32.1 Å². The molecular weight excluding hydrogens is 224 g/mol. The first-order chi connectivity index (χ1) is 8.72. The summed E-state index contributed by atoms with van der Waals surface area (Å²) < 4.78 is 0. The van der Waals surface area contributed by atoms with Gasteiger partial charge in [-0.1, -0.05) is 64.9 Å². The molecule has 0 radical (unpaired) electrons. The molecule has 0 aromatic carbocycles. The van der Waals surface area contributed by atoms with E-state index in [0.29, 0.717) is 5.57 Å². The third-order valence-electron chi connectivity index (χ3n) is 3.27. The van der Waals surface area contributed by atoms with Crippen LogP contribution in [0.25, 0.3) is 0 Å². The predicted molar refractivity (Wildman–Crippen MR) is 77.9 cm³/mol. The summed E-state index contributed by atoms with van der Waals surface area (Å²) in [5, 5.41) is 9.10. The van der Waals surface area contributed by atoms with E-state index in [4.69, 9.17) is 5.11 Å². The average molecular weight is 254 g/mol. The Labute approximate surface area is 112 Å². The normalized spacial score (nSPS) is 11.8. The number of hydrogen-bond acceptors (Lipinski definition) is 1. The molecule has 0 bridgehead atoms. The molecule has 0 saturated carbocycles. The highest BCUT2D eigenvalue weighted by molar-refractivity contribution is 5.86. The first kappa shape index (κ1) is 17.2. The van der Waals surface area contributed by atoms with Crippen molar-refractivity contribution >= 4 is 5.97 Å². The molecule has 0 fully saturated rings. The fourth-order valence-electron chi connectivity index (χ4n) is 2.06. The predicted octanol–water partition coefficient (Wildman–Crippen LogP) is 5.33. The number of aliphatic carboxylic acids is 1. The largest absolute Gasteiger partial charge is 0.478 e. The fourth-order valence-corrected chi connectivity index (χ4v) is 2.06. The molecular formula is C16H30O2. The van der Waals surface area contributed by atoms with Gasteiger partial charge in [-0.25, -0.2) is 4.79 Å². The second-order valence-corrected chi connectivity index (χ2v) is 5.05. The molecule has 0 aliphatic rings. The SMILES string of the molecule is CCCCCCCC=C(CCCCCC)C(=O)O. The van der Waals surface area contributed by atoms with Gasteiger partial charge in [0.05, 0.1) is 0 Å². The number of hydrogen-bond donors (Lipinski definition) is 1. The van der Waals surface area contributed by atoms with Crippen LogP contribution >= 0.6 is 0 Å². The molecule has 0 unspecified atom stereocenters. The highest BCUT2D eigenvalue weighted by Crippen LogP contribution is 2.13. The summed E-state index contributed by atoms with van der Waals surface area (Å²) in [5.74, 6) is -0.722. The van der Waals surface area contributed by atoms with Gasteiger partial charge in [-0.05, 0) is 25.7 Å². The number of carbonyl (C=O) groups is 1. The van der Waals surface area contributed by atoms with E-state index < -0.39 is 5.97 Å². The molecule has 0 aromatic rings. The number of allylic oxidation sites excluding steroid dienone is 1. The zero-order valence-corrected chi connectivity index (χ0v) is 12.2. The van der Waals surface area contributed by atoms with E-state index in [1.807, 2.05) is 6.08 Å².